The van der Waals surface area contributed by atoms with Crippen molar-refractivity contribution in [3.8, 4) is 11.3 Å². The highest BCUT2D eigenvalue weighted by Gasteiger charge is 2.13. The van der Waals surface area contributed by atoms with Gasteiger partial charge >= 0.3 is 12.3 Å². The van der Waals surface area contributed by atoms with Gasteiger partial charge in [-0.15, -0.1) is 0 Å². The summed E-state index contributed by atoms with van der Waals surface area (Å²) >= 11 is 2.16. The fraction of sp³-hybridized carbons (Fsp3) is 0.391. The first-order chi connectivity index (χ1) is 15.6. The summed E-state index contributed by atoms with van der Waals surface area (Å²) in [4.78, 5) is 25.2. The van der Waals surface area contributed by atoms with Crippen LogP contribution in [0.2, 0.25) is 0 Å². The largest absolute Gasteiger partial charge is 0.503 e. The minimum absolute atomic E-state index is 0. The van der Waals surface area contributed by atoms with E-state index in [1.165, 1.54) is 0 Å². The first-order valence-electron chi connectivity index (χ1n) is 10.1. The van der Waals surface area contributed by atoms with Crippen molar-refractivity contribution in [2.24, 2.45) is 18.9 Å². The van der Waals surface area contributed by atoms with Crippen LogP contribution in [0.25, 0.3) is 22.0 Å². The van der Waals surface area contributed by atoms with Crippen molar-refractivity contribution < 1.29 is 34.4 Å². The van der Waals surface area contributed by atoms with Crippen LogP contribution in [0, 0.1) is 21.2 Å². The number of aryl methyl sites for hydroxylation is 1. The average molecular weight is 610 g/mol. The summed E-state index contributed by atoms with van der Waals surface area (Å²) in [6, 6.07) is 3.71. The van der Waals surface area contributed by atoms with Crippen LogP contribution < -0.4 is 6.15 Å². The van der Waals surface area contributed by atoms with Crippen LogP contribution in [0.5, 0.6) is 0 Å². The molecule has 0 spiro atoms. The molecule has 12 heteroatoms. The summed E-state index contributed by atoms with van der Waals surface area (Å²) in [5.74, 6) is 1.42. The van der Waals surface area contributed by atoms with Crippen molar-refractivity contribution in [2.75, 3.05) is 0 Å². The van der Waals surface area contributed by atoms with Crippen molar-refractivity contribution in [3.05, 3.63) is 46.4 Å². The van der Waals surface area contributed by atoms with Gasteiger partial charge < -0.3 is 31.1 Å². The molecular formula is C23H36FIN4O6. The van der Waals surface area contributed by atoms with Crippen LogP contribution in [0.1, 0.15) is 41.5 Å². The summed E-state index contributed by atoms with van der Waals surface area (Å²) in [7, 11) is 1.85. The van der Waals surface area contributed by atoms with Gasteiger partial charge in [-0.1, -0.05) is 47.6 Å². The molecule has 0 radical (unpaired) electrons. The number of hydrogen-bond donors (Lipinski definition) is 5. The zero-order valence-corrected chi connectivity index (χ0v) is 23.2. The molecule has 0 amide bonds. The van der Waals surface area contributed by atoms with Gasteiger partial charge in [0, 0.05) is 39.3 Å². The Labute approximate surface area is 218 Å². The van der Waals surface area contributed by atoms with Gasteiger partial charge in [-0.25, -0.2) is 19.0 Å². The molecule has 198 valence electrons. The molecule has 0 bridgehead atoms. The minimum atomic E-state index is -1.83. The summed E-state index contributed by atoms with van der Waals surface area (Å²) in [6.07, 6.45) is 2.94. The van der Waals surface area contributed by atoms with E-state index >= 15 is 0 Å². The SMILES string of the molecule is CC(C)C.CC(C)C.Cn1cncc1-c1ccc2c(I)cncc2c1F.N.O=C(O)O.O=C(O)O. The van der Waals surface area contributed by atoms with Gasteiger partial charge in [-0.3, -0.25) is 4.98 Å². The number of fused-ring (bicyclic) bond motifs is 1. The molecule has 0 saturated heterocycles. The second-order valence-electron chi connectivity index (χ2n) is 8.06. The van der Waals surface area contributed by atoms with Gasteiger partial charge in [0.05, 0.1) is 18.2 Å². The number of hydrogen-bond acceptors (Lipinski definition) is 5. The topological polar surface area (TPSA) is 181 Å². The third-order valence-corrected chi connectivity index (χ3v) is 3.78. The van der Waals surface area contributed by atoms with Crippen molar-refractivity contribution in [3.63, 3.8) is 0 Å². The van der Waals surface area contributed by atoms with Gasteiger partial charge in [0.1, 0.15) is 5.82 Å². The van der Waals surface area contributed by atoms with Crippen LogP contribution in [-0.4, -0.2) is 47.3 Å². The Morgan fingerprint density at radius 1 is 0.857 bits per heavy atom. The molecule has 0 unspecified atom stereocenters. The lowest BCUT2D eigenvalue weighted by Crippen LogP contribution is -1.94. The highest BCUT2D eigenvalue weighted by molar-refractivity contribution is 14.1. The zero-order chi connectivity index (χ0) is 27.0. The molecule has 3 aromatic rings. The van der Waals surface area contributed by atoms with Gasteiger partial charge in [0.25, 0.3) is 0 Å². The molecule has 0 aliphatic carbocycles. The number of benzene rings is 1. The Bertz CT molecular complexity index is 997. The Kier molecular flexibility index (Phi) is 20.2. The van der Waals surface area contributed by atoms with E-state index in [-0.39, 0.29) is 12.0 Å². The van der Waals surface area contributed by atoms with E-state index in [4.69, 9.17) is 30.0 Å². The quantitative estimate of drug-likeness (QED) is 0.177. The third-order valence-electron chi connectivity index (χ3n) is 2.92. The van der Waals surface area contributed by atoms with E-state index in [0.717, 1.165) is 26.5 Å². The Morgan fingerprint density at radius 3 is 1.66 bits per heavy atom. The standard InChI is InChI=1S/C13H9FIN3.2C4H10.2CH2O3.H3N/c1-18-7-17-6-12(18)9-3-2-8-10(13(9)14)4-16-5-11(8)15;2*1-4(2)3;2*2-1(3)4;/h2-7H,1H3;2*4H,1-3H3;2*(H2,2,3,4);1H3. The molecule has 2 heterocycles. The molecular weight excluding hydrogens is 574 g/mol. The fourth-order valence-corrected chi connectivity index (χ4v) is 2.62. The highest BCUT2D eigenvalue weighted by Crippen LogP contribution is 2.29. The number of halogens is 2. The number of carbonyl (C=O) groups is 2. The molecule has 35 heavy (non-hydrogen) atoms. The molecule has 0 saturated carbocycles. The number of carboxylic acid groups (broad SMARTS) is 4. The number of imidazole rings is 1. The van der Waals surface area contributed by atoms with Crippen LogP contribution in [0.4, 0.5) is 14.0 Å². The van der Waals surface area contributed by atoms with Crippen LogP contribution in [0.3, 0.4) is 0 Å². The number of pyridine rings is 1. The Hall–Kier alpha value is -3.00. The molecule has 0 fully saturated rings. The molecule has 0 aliphatic rings. The second kappa shape index (κ2) is 19.3. The van der Waals surface area contributed by atoms with E-state index in [0.29, 0.717) is 10.9 Å². The van der Waals surface area contributed by atoms with E-state index in [1.54, 1.807) is 35.6 Å². The smallest absolute Gasteiger partial charge is 0.450 e. The van der Waals surface area contributed by atoms with E-state index in [2.05, 4.69) is 74.1 Å². The third kappa shape index (κ3) is 18.1. The Morgan fingerprint density at radius 2 is 1.29 bits per heavy atom. The van der Waals surface area contributed by atoms with Crippen LogP contribution >= 0.6 is 22.6 Å². The van der Waals surface area contributed by atoms with Gasteiger partial charge in [0.2, 0.25) is 0 Å². The van der Waals surface area contributed by atoms with Crippen LogP contribution in [-0.2, 0) is 7.05 Å². The summed E-state index contributed by atoms with van der Waals surface area (Å²) in [6.45, 7) is 13.0. The maximum atomic E-state index is 14.5. The summed E-state index contributed by atoms with van der Waals surface area (Å²) in [5.41, 5.74) is 1.31. The second-order valence-corrected chi connectivity index (χ2v) is 9.22. The van der Waals surface area contributed by atoms with E-state index in [1.807, 2.05) is 13.1 Å². The van der Waals surface area contributed by atoms with E-state index in [9.17, 15) is 4.39 Å². The number of rotatable bonds is 1. The average Bonchev–Trinajstić information content (AvgIpc) is 3.07. The molecule has 2 aromatic heterocycles. The highest BCUT2D eigenvalue weighted by atomic mass is 127. The lowest BCUT2D eigenvalue weighted by atomic mass is 10.1. The van der Waals surface area contributed by atoms with Crippen molar-refractivity contribution in [2.45, 2.75) is 41.5 Å². The molecule has 10 nitrogen and oxygen atoms in total. The van der Waals surface area contributed by atoms with E-state index < -0.39 is 12.3 Å². The maximum Gasteiger partial charge on any atom is 0.503 e. The Balaban J connectivity index is -0.000000500. The van der Waals surface area contributed by atoms with Gasteiger partial charge in [-0.2, -0.15) is 0 Å². The monoisotopic (exact) mass is 610 g/mol. The molecule has 0 aliphatic heterocycles. The number of nitrogens with zero attached hydrogens (tertiary/aromatic N) is 3. The molecule has 7 N–H and O–H groups in total. The van der Waals surface area contributed by atoms with Gasteiger partial charge in [0.15, 0.2) is 0 Å². The predicted molar refractivity (Wildman–Crippen MR) is 144 cm³/mol. The molecule has 3 rings (SSSR count). The number of aromatic nitrogens is 3. The van der Waals surface area contributed by atoms with Crippen molar-refractivity contribution in [1.29, 1.82) is 0 Å². The minimum Gasteiger partial charge on any atom is -0.450 e. The summed E-state index contributed by atoms with van der Waals surface area (Å²) < 4.78 is 17.3. The summed E-state index contributed by atoms with van der Waals surface area (Å²) in [5, 5.41) is 29.3. The van der Waals surface area contributed by atoms with Crippen molar-refractivity contribution in [1.82, 2.24) is 20.7 Å². The molecule has 1 aromatic carbocycles. The first-order valence-corrected chi connectivity index (χ1v) is 11.2. The lowest BCUT2D eigenvalue weighted by Gasteiger charge is -2.07. The zero-order valence-electron chi connectivity index (χ0n) is 21.0. The molecule has 0 atom stereocenters. The van der Waals surface area contributed by atoms with Crippen LogP contribution in [0.15, 0.2) is 37.1 Å². The lowest BCUT2D eigenvalue weighted by molar-refractivity contribution is 0.135. The normalized spacial score (nSPS) is 9.11. The van der Waals surface area contributed by atoms with Crippen molar-refractivity contribution >= 4 is 45.7 Å². The first kappa shape index (κ1) is 36.6. The fourth-order valence-electron chi connectivity index (χ4n) is 1.99. The maximum absolute atomic E-state index is 14.5. The predicted octanol–water partition coefficient (Wildman–Crippen LogP) is 7.31. The van der Waals surface area contributed by atoms with Gasteiger partial charge in [-0.05, 0) is 40.5 Å².